The molecule has 1 aromatic carbocycles. The van der Waals surface area contributed by atoms with E-state index in [0.717, 1.165) is 37.0 Å². The Bertz CT molecular complexity index is 759. The van der Waals surface area contributed by atoms with Gasteiger partial charge in [0.05, 0.1) is 12.7 Å². The first-order chi connectivity index (χ1) is 11.2. The van der Waals surface area contributed by atoms with Crippen molar-refractivity contribution in [1.29, 1.82) is 5.26 Å². The zero-order chi connectivity index (χ0) is 16.2. The lowest BCUT2D eigenvalue weighted by molar-refractivity contribution is 0.262. The lowest BCUT2D eigenvalue weighted by atomic mass is 9.96. The number of nitrogens with zero attached hydrogens (tertiary/aromatic N) is 1. The molecule has 5 nitrogen and oxygen atoms in total. The maximum atomic E-state index is 12.2. The number of nitrogens with one attached hydrogen (secondary N) is 2. The van der Waals surface area contributed by atoms with Gasteiger partial charge in [-0.25, -0.2) is 4.79 Å². The number of ether oxygens (including phenoxy) is 1. The highest BCUT2D eigenvalue weighted by Crippen LogP contribution is 2.37. The lowest BCUT2D eigenvalue weighted by Gasteiger charge is -2.09. The van der Waals surface area contributed by atoms with Crippen molar-refractivity contribution in [3.8, 4) is 11.8 Å². The van der Waals surface area contributed by atoms with Gasteiger partial charge in [0.1, 0.15) is 16.8 Å². The van der Waals surface area contributed by atoms with Gasteiger partial charge >= 0.3 is 6.03 Å². The number of benzene rings is 1. The van der Waals surface area contributed by atoms with E-state index < -0.39 is 0 Å². The van der Waals surface area contributed by atoms with Gasteiger partial charge in [-0.3, -0.25) is 5.32 Å². The van der Waals surface area contributed by atoms with Crippen molar-refractivity contribution >= 4 is 28.1 Å². The Morgan fingerprint density at radius 3 is 2.65 bits per heavy atom. The van der Waals surface area contributed by atoms with Crippen molar-refractivity contribution in [1.82, 2.24) is 0 Å². The fraction of sp³-hybridized carbons (Fsp3) is 0.294. The number of aryl methyl sites for hydroxylation is 1. The third-order valence-corrected chi connectivity index (χ3v) is 5.07. The van der Waals surface area contributed by atoms with Crippen molar-refractivity contribution < 1.29 is 9.53 Å². The van der Waals surface area contributed by atoms with Crippen LogP contribution in [0.2, 0.25) is 0 Å². The Labute approximate surface area is 138 Å². The number of amides is 2. The van der Waals surface area contributed by atoms with Gasteiger partial charge in [0, 0.05) is 10.6 Å². The number of urea groups is 1. The first kappa shape index (κ1) is 15.4. The van der Waals surface area contributed by atoms with Gasteiger partial charge in [0.2, 0.25) is 0 Å². The number of nitriles is 1. The highest BCUT2D eigenvalue weighted by Gasteiger charge is 2.21. The van der Waals surface area contributed by atoms with Crippen LogP contribution in [0.25, 0.3) is 0 Å². The fourth-order valence-corrected chi connectivity index (χ4v) is 3.95. The number of carbonyl (C=O) groups excluding carboxylic acids is 1. The minimum absolute atomic E-state index is 0.342. The first-order valence-electron chi connectivity index (χ1n) is 7.48. The number of rotatable bonds is 3. The van der Waals surface area contributed by atoms with Gasteiger partial charge in [-0.05, 0) is 55.5 Å². The molecule has 0 aliphatic heterocycles. The number of carbonyl (C=O) groups is 1. The summed E-state index contributed by atoms with van der Waals surface area (Å²) in [6.45, 7) is 0. The second-order valence-electron chi connectivity index (χ2n) is 5.33. The van der Waals surface area contributed by atoms with Gasteiger partial charge in [0.15, 0.2) is 0 Å². The van der Waals surface area contributed by atoms with Gasteiger partial charge < -0.3 is 10.1 Å². The van der Waals surface area contributed by atoms with Crippen LogP contribution in [0.4, 0.5) is 15.5 Å². The van der Waals surface area contributed by atoms with E-state index in [1.807, 2.05) is 0 Å². The van der Waals surface area contributed by atoms with Crippen LogP contribution in [0.15, 0.2) is 24.3 Å². The third kappa shape index (κ3) is 3.30. The molecule has 0 fully saturated rings. The average molecular weight is 327 g/mol. The van der Waals surface area contributed by atoms with Crippen molar-refractivity contribution in [3.63, 3.8) is 0 Å². The minimum Gasteiger partial charge on any atom is -0.497 e. The molecule has 0 atom stereocenters. The molecule has 1 aliphatic carbocycles. The molecule has 0 saturated heterocycles. The molecule has 0 bridgehead atoms. The zero-order valence-corrected chi connectivity index (χ0v) is 13.6. The standard InChI is InChI=1S/C17H17N3O2S/c1-22-12-8-6-11(7-9-12)19-17(21)20-16-14(10-18)13-4-2-3-5-15(13)23-16/h6-9H,2-5H2,1H3,(H2,19,20,21). The van der Waals surface area contributed by atoms with E-state index in [2.05, 4.69) is 16.7 Å². The fourth-order valence-electron chi connectivity index (χ4n) is 2.71. The van der Waals surface area contributed by atoms with Gasteiger partial charge in [0.25, 0.3) is 0 Å². The molecule has 1 heterocycles. The SMILES string of the molecule is COc1ccc(NC(=O)Nc2sc3c(c2C#N)CCCC3)cc1. The Hall–Kier alpha value is -2.52. The molecule has 2 aromatic rings. The molecule has 23 heavy (non-hydrogen) atoms. The molecule has 0 unspecified atom stereocenters. The summed E-state index contributed by atoms with van der Waals surface area (Å²) >= 11 is 1.52. The van der Waals surface area contributed by atoms with E-state index in [4.69, 9.17) is 4.74 Å². The smallest absolute Gasteiger partial charge is 0.324 e. The average Bonchev–Trinajstić information content (AvgIpc) is 2.92. The largest absolute Gasteiger partial charge is 0.497 e. The summed E-state index contributed by atoms with van der Waals surface area (Å²) in [6.07, 6.45) is 4.18. The summed E-state index contributed by atoms with van der Waals surface area (Å²) in [5.74, 6) is 0.730. The molecular weight excluding hydrogens is 310 g/mol. The summed E-state index contributed by atoms with van der Waals surface area (Å²) in [7, 11) is 1.59. The normalized spacial score (nSPS) is 12.9. The van der Waals surface area contributed by atoms with Crippen LogP contribution in [0.1, 0.15) is 28.8 Å². The molecule has 2 amide bonds. The topological polar surface area (TPSA) is 74.2 Å². The Balaban J connectivity index is 1.72. The van der Waals surface area contributed by atoms with E-state index in [1.54, 1.807) is 31.4 Å². The van der Waals surface area contributed by atoms with E-state index in [-0.39, 0.29) is 6.03 Å². The van der Waals surface area contributed by atoms with Crippen molar-refractivity contribution in [2.45, 2.75) is 25.7 Å². The second kappa shape index (κ2) is 6.71. The summed E-state index contributed by atoms with van der Waals surface area (Å²) in [5, 5.41) is 15.6. The molecule has 3 rings (SSSR count). The molecule has 0 spiro atoms. The third-order valence-electron chi connectivity index (χ3n) is 3.86. The lowest BCUT2D eigenvalue weighted by Crippen LogP contribution is -2.19. The highest BCUT2D eigenvalue weighted by molar-refractivity contribution is 7.16. The quantitative estimate of drug-likeness (QED) is 0.889. The second-order valence-corrected chi connectivity index (χ2v) is 6.44. The predicted molar refractivity (Wildman–Crippen MR) is 91.3 cm³/mol. The molecule has 1 aliphatic rings. The summed E-state index contributed by atoms with van der Waals surface area (Å²) in [5.41, 5.74) is 2.40. The summed E-state index contributed by atoms with van der Waals surface area (Å²) in [6, 6.07) is 8.99. The van der Waals surface area contributed by atoms with Crippen LogP contribution >= 0.6 is 11.3 Å². The van der Waals surface area contributed by atoms with Crippen LogP contribution in [0.5, 0.6) is 5.75 Å². The molecule has 118 valence electrons. The monoisotopic (exact) mass is 327 g/mol. The van der Waals surface area contributed by atoms with Gasteiger partial charge in [-0.2, -0.15) is 5.26 Å². The van der Waals surface area contributed by atoms with Crippen LogP contribution in [0, 0.1) is 11.3 Å². The molecule has 1 aromatic heterocycles. The number of anilines is 2. The number of hydrogen-bond acceptors (Lipinski definition) is 4. The Kier molecular flexibility index (Phi) is 4.49. The molecule has 6 heteroatoms. The van der Waals surface area contributed by atoms with E-state index in [0.29, 0.717) is 16.3 Å². The molecule has 0 saturated carbocycles. The number of thiophene rings is 1. The molecular formula is C17H17N3O2S. The van der Waals surface area contributed by atoms with Crippen LogP contribution in [0.3, 0.4) is 0 Å². The maximum absolute atomic E-state index is 12.2. The molecule has 2 N–H and O–H groups in total. The zero-order valence-electron chi connectivity index (χ0n) is 12.8. The maximum Gasteiger partial charge on any atom is 0.324 e. The number of hydrogen-bond donors (Lipinski definition) is 2. The van der Waals surface area contributed by atoms with Crippen LogP contribution < -0.4 is 15.4 Å². The van der Waals surface area contributed by atoms with Crippen LogP contribution in [-0.2, 0) is 12.8 Å². The van der Waals surface area contributed by atoms with Crippen LogP contribution in [-0.4, -0.2) is 13.1 Å². The van der Waals surface area contributed by atoms with E-state index >= 15 is 0 Å². The van der Waals surface area contributed by atoms with Crippen molar-refractivity contribution in [3.05, 3.63) is 40.3 Å². The van der Waals surface area contributed by atoms with E-state index in [1.165, 1.54) is 16.2 Å². The van der Waals surface area contributed by atoms with Crippen molar-refractivity contribution in [2.75, 3.05) is 17.7 Å². The van der Waals surface area contributed by atoms with Gasteiger partial charge in [-0.1, -0.05) is 0 Å². The first-order valence-corrected chi connectivity index (χ1v) is 8.29. The highest BCUT2D eigenvalue weighted by atomic mass is 32.1. The minimum atomic E-state index is -0.342. The Morgan fingerprint density at radius 2 is 1.96 bits per heavy atom. The predicted octanol–water partition coefficient (Wildman–Crippen LogP) is 4.15. The molecule has 0 radical (unpaired) electrons. The number of fused-ring (bicyclic) bond motifs is 1. The van der Waals surface area contributed by atoms with Gasteiger partial charge in [-0.15, -0.1) is 11.3 Å². The summed E-state index contributed by atoms with van der Waals surface area (Å²) < 4.78 is 5.08. The van der Waals surface area contributed by atoms with E-state index in [9.17, 15) is 10.1 Å². The Morgan fingerprint density at radius 1 is 1.22 bits per heavy atom. The number of methoxy groups -OCH3 is 1. The summed E-state index contributed by atoms with van der Waals surface area (Å²) in [4.78, 5) is 13.4. The van der Waals surface area contributed by atoms with Crippen molar-refractivity contribution in [2.24, 2.45) is 0 Å².